The quantitative estimate of drug-likeness (QED) is 0.497. The van der Waals surface area contributed by atoms with E-state index in [-0.39, 0.29) is 0 Å². The van der Waals surface area contributed by atoms with Crippen molar-refractivity contribution in [1.29, 1.82) is 0 Å². The van der Waals surface area contributed by atoms with Crippen LogP contribution in [0.15, 0.2) is 24.3 Å². The van der Waals surface area contributed by atoms with Crippen molar-refractivity contribution in [2.75, 3.05) is 7.11 Å². The standard InChI is InChI=1S/C18H30O/c1-4-6-8-12-16(11-7-5-2)15-17-13-9-10-14-18(17)19-3/h9-10,13-14,16H,4-8,11-12,15H2,1-3H3. The van der Waals surface area contributed by atoms with Crippen LogP contribution in [0.4, 0.5) is 0 Å². The highest BCUT2D eigenvalue weighted by Crippen LogP contribution is 2.26. The Bertz CT molecular complexity index is 332. The van der Waals surface area contributed by atoms with E-state index >= 15 is 0 Å². The molecule has 0 N–H and O–H groups in total. The van der Waals surface area contributed by atoms with Crippen molar-refractivity contribution in [1.82, 2.24) is 0 Å². The zero-order chi connectivity index (χ0) is 13.9. The summed E-state index contributed by atoms with van der Waals surface area (Å²) in [7, 11) is 1.77. The van der Waals surface area contributed by atoms with E-state index in [1.165, 1.54) is 56.9 Å². The van der Waals surface area contributed by atoms with Crippen molar-refractivity contribution in [3.05, 3.63) is 29.8 Å². The minimum atomic E-state index is 0.822. The first-order valence-corrected chi connectivity index (χ1v) is 7.93. The predicted octanol–water partition coefficient (Wildman–Crippen LogP) is 5.62. The predicted molar refractivity (Wildman–Crippen MR) is 83.9 cm³/mol. The zero-order valence-electron chi connectivity index (χ0n) is 13.0. The minimum Gasteiger partial charge on any atom is -0.496 e. The van der Waals surface area contributed by atoms with Crippen LogP contribution in [-0.2, 0) is 6.42 Å². The third-order valence-corrected chi connectivity index (χ3v) is 3.88. The highest BCUT2D eigenvalue weighted by Gasteiger charge is 2.12. The minimum absolute atomic E-state index is 0.822. The highest BCUT2D eigenvalue weighted by atomic mass is 16.5. The molecule has 0 spiro atoms. The van der Waals surface area contributed by atoms with Crippen LogP contribution < -0.4 is 4.74 Å². The molecule has 0 saturated carbocycles. The van der Waals surface area contributed by atoms with Crippen LogP contribution in [0.3, 0.4) is 0 Å². The lowest BCUT2D eigenvalue weighted by Gasteiger charge is -2.18. The number of ether oxygens (including phenoxy) is 1. The molecule has 1 unspecified atom stereocenters. The second-order valence-corrected chi connectivity index (χ2v) is 5.52. The van der Waals surface area contributed by atoms with E-state index in [4.69, 9.17) is 4.74 Å². The Hall–Kier alpha value is -0.980. The second-order valence-electron chi connectivity index (χ2n) is 5.52. The van der Waals surface area contributed by atoms with Crippen molar-refractivity contribution >= 4 is 0 Å². The molecular weight excluding hydrogens is 232 g/mol. The molecule has 0 amide bonds. The normalized spacial score (nSPS) is 12.4. The van der Waals surface area contributed by atoms with Gasteiger partial charge in [-0.1, -0.05) is 77.0 Å². The van der Waals surface area contributed by atoms with Crippen LogP contribution in [0, 0.1) is 5.92 Å². The molecule has 0 aliphatic carbocycles. The van der Waals surface area contributed by atoms with E-state index in [9.17, 15) is 0 Å². The molecule has 0 aromatic heterocycles. The van der Waals surface area contributed by atoms with E-state index in [2.05, 4.69) is 38.1 Å². The van der Waals surface area contributed by atoms with Gasteiger partial charge in [-0.05, 0) is 24.0 Å². The summed E-state index contributed by atoms with van der Waals surface area (Å²) in [6, 6.07) is 8.48. The van der Waals surface area contributed by atoms with E-state index < -0.39 is 0 Å². The van der Waals surface area contributed by atoms with Crippen LogP contribution in [-0.4, -0.2) is 7.11 Å². The smallest absolute Gasteiger partial charge is 0.122 e. The molecule has 19 heavy (non-hydrogen) atoms. The Morgan fingerprint density at radius 2 is 1.63 bits per heavy atom. The largest absolute Gasteiger partial charge is 0.496 e. The molecule has 0 heterocycles. The van der Waals surface area contributed by atoms with Gasteiger partial charge in [-0.3, -0.25) is 0 Å². The van der Waals surface area contributed by atoms with Gasteiger partial charge in [0, 0.05) is 0 Å². The number of rotatable bonds is 10. The number of para-hydroxylation sites is 1. The Labute approximate surface area is 119 Å². The first-order valence-electron chi connectivity index (χ1n) is 7.93. The molecule has 1 heteroatoms. The van der Waals surface area contributed by atoms with Crippen molar-refractivity contribution in [2.45, 2.75) is 65.2 Å². The number of benzene rings is 1. The molecule has 1 aromatic rings. The van der Waals surface area contributed by atoms with Crippen molar-refractivity contribution in [2.24, 2.45) is 5.92 Å². The molecule has 0 radical (unpaired) electrons. The second kappa shape index (κ2) is 9.89. The van der Waals surface area contributed by atoms with E-state index in [1.807, 2.05) is 0 Å². The first-order chi connectivity index (χ1) is 9.31. The van der Waals surface area contributed by atoms with Crippen molar-refractivity contribution in [3.8, 4) is 5.75 Å². The maximum absolute atomic E-state index is 5.48. The van der Waals surface area contributed by atoms with Gasteiger partial charge >= 0.3 is 0 Å². The molecule has 1 aromatic carbocycles. The number of hydrogen-bond acceptors (Lipinski definition) is 1. The van der Waals surface area contributed by atoms with E-state index in [0.717, 1.165) is 11.7 Å². The van der Waals surface area contributed by atoms with Crippen LogP contribution in [0.1, 0.15) is 64.4 Å². The molecule has 1 rings (SSSR count). The Balaban J connectivity index is 2.58. The Kier molecular flexibility index (Phi) is 8.36. The molecule has 108 valence electrons. The summed E-state index contributed by atoms with van der Waals surface area (Å²) in [6.07, 6.45) is 10.6. The molecule has 0 aliphatic rings. The average molecular weight is 262 g/mol. The van der Waals surface area contributed by atoms with Gasteiger partial charge in [0.15, 0.2) is 0 Å². The molecule has 1 atom stereocenters. The fourth-order valence-corrected chi connectivity index (χ4v) is 2.71. The van der Waals surface area contributed by atoms with Gasteiger partial charge in [0.25, 0.3) is 0 Å². The van der Waals surface area contributed by atoms with Gasteiger partial charge in [0.2, 0.25) is 0 Å². The lowest BCUT2D eigenvalue weighted by atomic mass is 9.89. The SMILES string of the molecule is CCCCCC(CCCC)Cc1ccccc1OC. The topological polar surface area (TPSA) is 9.23 Å². The van der Waals surface area contributed by atoms with Gasteiger partial charge < -0.3 is 4.74 Å². The van der Waals surface area contributed by atoms with Crippen LogP contribution in [0.5, 0.6) is 5.75 Å². The van der Waals surface area contributed by atoms with Gasteiger partial charge in [0.1, 0.15) is 5.75 Å². The fraction of sp³-hybridized carbons (Fsp3) is 0.667. The molecule has 0 saturated heterocycles. The van der Waals surface area contributed by atoms with Gasteiger partial charge in [-0.15, -0.1) is 0 Å². The molecular formula is C18H30O. The third-order valence-electron chi connectivity index (χ3n) is 3.88. The average Bonchev–Trinajstić information content (AvgIpc) is 2.45. The van der Waals surface area contributed by atoms with Gasteiger partial charge in [0.05, 0.1) is 7.11 Å². The number of unbranched alkanes of at least 4 members (excludes halogenated alkanes) is 3. The Morgan fingerprint density at radius 1 is 0.947 bits per heavy atom. The number of methoxy groups -OCH3 is 1. The summed E-state index contributed by atoms with van der Waals surface area (Å²) in [5, 5.41) is 0. The maximum atomic E-state index is 5.48. The lowest BCUT2D eigenvalue weighted by molar-refractivity contribution is 0.385. The van der Waals surface area contributed by atoms with Crippen molar-refractivity contribution < 1.29 is 4.74 Å². The lowest BCUT2D eigenvalue weighted by Crippen LogP contribution is -2.06. The summed E-state index contributed by atoms with van der Waals surface area (Å²) in [5.41, 5.74) is 1.38. The number of hydrogen-bond donors (Lipinski definition) is 0. The van der Waals surface area contributed by atoms with E-state index in [0.29, 0.717) is 0 Å². The van der Waals surface area contributed by atoms with Gasteiger partial charge in [-0.25, -0.2) is 0 Å². The molecule has 0 aliphatic heterocycles. The summed E-state index contributed by atoms with van der Waals surface area (Å²) in [4.78, 5) is 0. The summed E-state index contributed by atoms with van der Waals surface area (Å²) < 4.78 is 5.48. The van der Waals surface area contributed by atoms with Crippen LogP contribution >= 0.6 is 0 Å². The summed E-state index contributed by atoms with van der Waals surface area (Å²) in [5.74, 6) is 1.88. The van der Waals surface area contributed by atoms with Crippen molar-refractivity contribution in [3.63, 3.8) is 0 Å². The fourth-order valence-electron chi connectivity index (χ4n) is 2.71. The van der Waals surface area contributed by atoms with Gasteiger partial charge in [-0.2, -0.15) is 0 Å². The highest BCUT2D eigenvalue weighted by molar-refractivity contribution is 5.33. The van der Waals surface area contributed by atoms with Crippen LogP contribution in [0.25, 0.3) is 0 Å². The molecule has 1 nitrogen and oxygen atoms in total. The van der Waals surface area contributed by atoms with Crippen LogP contribution in [0.2, 0.25) is 0 Å². The maximum Gasteiger partial charge on any atom is 0.122 e. The first kappa shape index (κ1) is 16.1. The summed E-state index contributed by atoms with van der Waals surface area (Å²) >= 11 is 0. The molecule has 0 fully saturated rings. The van der Waals surface area contributed by atoms with E-state index in [1.54, 1.807) is 7.11 Å². The monoisotopic (exact) mass is 262 g/mol. The third kappa shape index (κ3) is 6.13. The Morgan fingerprint density at radius 3 is 2.32 bits per heavy atom. The molecule has 0 bridgehead atoms. The summed E-state index contributed by atoms with van der Waals surface area (Å²) in [6.45, 7) is 4.56. The zero-order valence-corrected chi connectivity index (χ0v) is 13.0.